The molecule has 3 rings (SSSR count). The van der Waals surface area contributed by atoms with E-state index < -0.39 is 0 Å². The van der Waals surface area contributed by atoms with Crippen molar-refractivity contribution < 1.29 is 14.3 Å². The summed E-state index contributed by atoms with van der Waals surface area (Å²) in [7, 11) is 0. The number of nitrogens with zero attached hydrogens (tertiary/aromatic N) is 1. The molecule has 0 spiro atoms. The van der Waals surface area contributed by atoms with Crippen molar-refractivity contribution in [1.29, 1.82) is 0 Å². The third-order valence-electron chi connectivity index (χ3n) is 4.51. The molecule has 3 aromatic rings. The van der Waals surface area contributed by atoms with Crippen LogP contribution in [-0.2, 0) is 11.2 Å². The fourth-order valence-electron chi connectivity index (χ4n) is 3.06. The van der Waals surface area contributed by atoms with Crippen LogP contribution in [0.5, 0.6) is 11.5 Å². The normalized spacial score (nSPS) is 11.7. The van der Waals surface area contributed by atoms with E-state index in [9.17, 15) is 4.79 Å². The summed E-state index contributed by atoms with van der Waals surface area (Å²) in [5.41, 5.74) is 2.87. The van der Waals surface area contributed by atoms with Gasteiger partial charge in [-0.3, -0.25) is 9.78 Å². The molecule has 2 aromatic carbocycles. The minimum Gasteiger partial charge on any atom is -0.456 e. The van der Waals surface area contributed by atoms with Gasteiger partial charge in [0, 0.05) is 24.4 Å². The first-order valence-electron chi connectivity index (χ1n) is 9.88. The maximum absolute atomic E-state index is 12.7. The zero-order valence-electron chi connectivity index (χ0n) is 17.3. The largest absolute Gasteiger partial charge is 0.456 e. The number of hydrogen-bond donors (Lipinski definition) is 1. The Morgan fingerprint density at radius 2 is 1.83 bits per heavy atom. The monoisotopic (exact) mass is 516 g/mol. The molecule has 0 radical (unpaired) electrons. The number of pyridine rings is 1. The molecule has 1 atom stereocenters. The van der Waals surface area contributed by atoms with Gasteiger partial charge in [-0.25, -0.2) is 0 Å². The second kappa shape index (κ2) is 10.5. The van der Waals surface area contributed by atoms with E-state index in [1.807, 2.05) is 81.4 Å². The van der Waals surface area contributed by atoms with Crippen LogP contribution in [0.1, 0.15) is 35.6 Å². The number of halogens is 1. The fourth-order valence-corrected chi connectivity index (χ4v) is 3.56. The predicted molar refractivity (Wildman–Crippen MR) is 127 cm³/mol. The van der Waals surface area contributed by atoms with Gasteiger partial charge in [0.15, 0.2) is 0 Å². The van der Waals surface area contributed by atoms with Gasteiger partial charge >= 0.3 is 0 Å². The summed E-state index contributed by atoms with van der Waals surface area (Å²) in [6.07, 6.45) is 0.819. The summed E-state index contributed by atoms with van der Waals surface area (Å²) >= 11 is 2.24. The molecule has 0 aliphatic heterocycles. The molecule has 1 amide bonds. The predicted octanol–water partition coefficient (Wildman–Crippen LogP) is 6.01. The minimum atomic E-state index is -0.185. The molecule has 1 aromatic heterocycles. The fraction of sp³-hybridized carbons (Fsp3) is 0.250. The van der Waals surface area contributed by atoms with Gasteiger partial charge < -0.3 is 14.8 Å². The van der Waals surface area contributed by atoms with Crippen LogP contribution in [0.15, 0.2) is 60.7 Å². The van der Waals surface area contributed by atoms with Crippen molar-refractivity contribution in [3.8, 4) is 11.5 Å². The molecule has 0 saturated heterocycles. The van der Waals surface area contributed by atoms with Crippen molar-refractivity contribution in [2.24, 2.45) is 0 Å². The van der Waals surface area contributed by atoms with Crippen LogP contribution in [-0.4, -0.2) is 23.6 Å². The summed E-state index contributed by atoms with van der Waals surface area (Å²) < 4.78 is 12.5. The summed E-state index contributed by atoms with van der Waals surface area (Å²) in [6.45, 7) is 6.52. The number of anilines is 1. The number of hydrogen-bond acceptors (Lipinski definition) is 4. The molecule has 1 N–H and O–H groups in total. The third kappa shape index (κ3) is 6.03. The molecule has 0 bridgehead atoms. The van der Waals surface area contributed by atoms with Crippen molar-refractivity contribution in [2.75, 3.05) is 11.9 Å². The first kappa shape index (κ1) is 22.2. The van der Waals surface area contributed by atoms with Crippen LogP contribution in [0.25, 0.3) is 0 Å². The zero-order valence-corrected chi connectivity index (χ0v) is 19.5. The third-order valence-corrected chi connectivity index (χ3v) is 5.40. The Balaban J connectivity index is 1.63. The molecule has 5 nitrogen and oxygen atoms in total. The van der Waals surface area contributed by atoms with Crippen molar-refractivity contribution in [2.45, 2.75) is 33.3 Å². The van der Waals surface area contributed by atoms with Crippen LogP contribution in [0.4, 0.5) is 5.69 Å². The van der Waals surface area contributed by atoms with Crippen LogP contribution in [0.2, 0.25) is 0 Å². The Morgan fingerprint density at radius 3 is 2.50 bits per heavy atom. The number of carbonyl (C=O) groups is 1. The summed E-state index contributed by atoms with van der Waals surface area (Å²) in [6, 6.07) is 18.8. The van der Waals surface area contributed by atoms with Crippen molar-refractivity contribution >= 4 is 34.2 Å². The van der Waals surface area contributed by atoms with Crippen molar-refractivity contribution in [3.63, 3.8) is 0 Å². The molecular weight excluding hydrogens is 491 g/mol. The van der Waals surface area contributed by atoms with E-state index in [-0.39, 0.29) is 12.0 Å². The Bertz CT molecular complexity index is 1010. The van der Waals surface area contributed by atoms with Gasteiger partial charge in [-0.05, 0) is 91.9 Å². The number of aryl methyl sites for hydroxylation is 1. The highest BCUT2D eigenvalue weighted by Crippen LogP contribution is 2.27. The number of para-hydroxylation sites is 1. The zero-order chi connectivity index (χ0) is 21.5. The topological polar surface area (TPSA) is 60.5 Å². The van der Waals surface area contributed by atoms with Crippen molar-refractivity contribution in [1.82, 2.24) is 4.98 Å². The summed E-state index contributed by atoms with van der Waals surface area (Å²) in [4.78, 5) is 17.2. The first-order valence-corrected chi connectivity index (χ1v) is 11.0. The average molecular weight is 516 g/mol. The number of nitrogens with one attached hydrogen (secondary N) is 1. The molecule has 156 valence electrons. The molecule has 0 aliphatic carbocycles. The van der Waals surface area contributed by atoms with E-state index in [1.54, 1.807) is 0 Å². The smallest absolute Gasteiger partial charge is 0.257 e. The van der Waals surface area contributed by atoms with E-state index in [0.717, 1.165) is 21.4 Å². The summed E-state index contributed by atoms with van der Waals surface area (Å²) in [5.74, 6) is 1.33. The van der Waals surface area contributed by atoms with Gasteiger partial charge in [-0.2, -0.15) is 0 Å². The minimum absolute atomic E-state index is 0.0986. The average Bonchev–Trinajstić information content (AvgIpc) is 2.71. The molecule has 6 heteroatoms. The number of aromatic nitrogens is 1. The van der Waals surface area contributed by atoms with Crippen LogP contribution < -0.4 is 10.1 Å². The Kier molecular flexibility index (Phi) is 7.81. The number of rotatable bonds is 8. The van der Waals surface area contributed by atoms with Crippen molar-refractivity contribution in [3.05, 3.63) is 81.2 Å². The summed E-state index contributed by atoms with van der Waals surface area (Å²) in [5, 5.41) is 2.92. The van der Waals surface area contributed by atoms with Gasteiger partial charge in [0.05, 0.1) is 20.9 Å². The van der Waals surface area contributed by atoms with Crippen LogP contribution in [0, 0.1) is 10.5 Å². The molecule has 0 aliphatic rings. The van der Waals surface area contributed by atoms with E-state index >= 15 is 0 Å². The molecule has 1 unspecified atom stereocenters. The molecule has 0 saturated carbocycles. The maximum Gasteiger partial charge on any atom is 0.257 e. The molecular formula is C24H25IN2O3. The SMILES string of the molecule is CCOC(C)Cc1ccc(C(=O)Nc2ccc(Oc3ccccc3I)cc2)c(C)n1. The van der Waals surface area contributed by atoms with Gasteiger partial charge in [0.1, 0.15) is 11.5 Å². The lowest BCUT2D eigenvalue weighted by molar-refractivity contribution is 0.0761. The number of carbonyl (C=O) groups excluding carboxylic acids is 1. The standard InChI is InChI=1S/C24H25IN2O3/c1-4-29-16(2)15-19-11-14-21(17(3)26-19)24(28)27-18-9-12-20(13-10-18)30-23-8-6-5-7-22(23)25/h5-14,16H,4,15H2,1-3H3,(H,27,28). The number of benzene rings is 2. The van der Waals surface area contributed by atoms with E-state index in [1.165, 1.54) is 0 Å². The quantitative estimate of drug-likeness (QED) is 0.373. The van der Waals surface area contributed by atoms with Gasteiger partial charge in [-0.15, -0.1) is 0 Å². The second-order valence-corrected chi connectivity index (χ2v) is 8.08. The Labute approximate surface area is 191 Å². The molecule has 0 fully saturated rings. The highest BCUT2D eigenvalue weighted by molar-refractivity contribution is 14.1. The van der Waals surface area contributed by atoms with Gasteiger partial charge in [-0.1, -0.05) is 12.1 Å². The Hall–Kier alpha value is -2.45. The second-order valence-electron chi connectivity index (χ2n) is 6.92. The number of amides is 1. The lowest BCUT2D eigenvalue weighted by Gasteiger charge is -2.13. The first-order chi connectivity index (χ1) is 14.5. The van der Waals surface area contributed by atoms with Crippen LogP contribution >= 0.6 is 22.6 Å². The van der Waals surface area contributed by atoms with Crippen LogP contribution in [0.3, 0.4) is 0 Å². The van der Waals surface area contributed by atoms with Gasteiger partial charge in [0.2, 0.25) is 0 Å². The number of ether oxygens (including phenoxy) is 2. The molecule has 1 heterocycles. The molecule has 30 heavy (non-hydrogen) atoms. The van der Waals surface area contributed by atoms with Gasteiger partial charge in [0.25, 0.3) is 5.91 Å². The lowest BCUT2D eigenvalue weighted by Crippen LogP contribution is -2.16. The lowest BCUT2D eigenvalue weighted by atomic mass is 10.1. The maximum atomic E-state index is 12.7. The Morgan fingerprint density at radius 1 is 1.10 bits per heavy atom. The van der Waals surface area contributed by atoms with E-state index in [0.29, 0.717) is 29.3 Å². The van der Waals surface area contributed by atoms with E-state index in [2.05, 4.69) is 32.9 Å². The van der Waals surface area contributed by atoms with E-state index in [4.69, 9.17) is 9.47 Å². The highest BCUT2D eigenvalue weighted by Gasteiger charge is 2.13. The highest BCUT2D eigenvalue weighted by atomic mass is 127.